The van der Waals surface area contributed by atoms with E-state index in [2.05, 4.69) is 15.4 Å². The third kappa shape index (κ3) is 3.04. The number of carbonyl (C=O) groups excluding carboxylic acids is 1. The molecule has 0 unspecified atom stereocenters. The number of benzene rings is 2. The molecule has 5 nitrogen and oxygen atoms in total. The third-order valence-electron chi connectivity index (χ3n) is 3.68. The second kappa shape index (κ2) is 6.25. The summed E-state index contributed by atoms with van der Waals surface area (Å²) < 4.78 is 2.93. The molecule has 0 aliphatic carbocycles. The van der Waals surface area contributed by atoms with Gasteiger partial charge in [0.2, 0.25) is 0 Å². The van der Waals surface area contributed by atoms with Crippen molar-refractivity contribution in [3.8, 4) is 0 Å². The molecule has 0 radical (unpaired) electrons. The number of thiazole rings is 1. The van der Waals surface area contributed by atoms with Crippen LogP contribution in [0.5, 0.6) is 0 Å². The number of hydrogen-bond donors (Lipinski definition) is 1. The third-order valence-corrected chi connectivity index (χ3v) is 4.49. The first-order valence-electron chi connectivity index (χ1n) is 7.49. The van der Waals surface area contributed by atoms with Gasteiger partial charge in [0.25, 0.3) is 5.91 Å². The average molecular weight is 334 g/mol. The minimum absolute atomic E-state index is 0.133. The quantitative estimate of drug-likeness (QED) is 0.617. The molecule has 0 fully saturated rings. The predicted molar refractivity (Wildman–Crippen MR) is 95.3 cm³/mol. The van der Waals surface area contributed by atoms with E-state index in [1.165, 1.54) is 0 Å². The Balaban J connectivity index is 1.53. The van der Waals surface area contributed by atoms with Crippen molar-refractivity contribution in [2.24, 2.45) is 0 Å². The first-order chi connectivity index (χ1) is 11.8. The number of aromatic nitrogens is 3. The lowest BCUT2D eigenvalue weighted by Gasteiger charge is -2.07. The summed E-state index contributed by atoms with van der Waals surface area (Å²) >= 11 is 1.58. The summed E-state index contributed by atoms with van der Waals surface area (Å²) in [6.07, 6.45) is 3.64. The summed E-state index contributed by atoms with van der Waals surface area (Å²) in [5.41, 5.74) is 5.09. The van der Waals surface area contributed by atoms with Crippen molar-refractivity contribution in [3.05, 3.63) is 77.6 Å². The van der Waals surface area contributed by atoms with Crippen LogP contribution in [0.4, 0.5) is 5.69 Å². The zero-order valence-electron chi connectivity index (χ0n) is 12.7. The Morgan fingerprint density at radius 2 is 2.12 bits per heavy atom. The molecule has 0 bridgehead atoms. The van der Waals surface area contributed by atoms with Crippen LogP contribution in [0, 0.1) is 0 Å². The van der Waals surface area contributed by atoms with Crippen LogP contribution in [0.3, 0.4) is 0 Å². The van der Waals surface area contributed by atoms with Gasteiger partial charge in [-0.05, 0) is 42.0 Å². The Hall–Kier alpha value is -2.99. The molecule has 2 aromatic carbocycles. The largest absolute Gasteiger partial charge is 0.322 e. The maximum Gasteiger partial charge on any atom is 0.255 e. The highest BCUT2D eigenvalue weighted by Crippen LogP contribution is 2.22. The summed E-state index contributed by atoms with van der Waals surface area (Å²) in [7, 11) is 0. The molecular formula is C18H14N4OS. The van der Waals surface area contributed by atoms with E-state index in [0.717, 1.165) is 21.5 Å². The Morgan fingerprint density at radius 1 is 1.17 bits per heavy atom. The Bertz CT molecular complexity index is 991. The summed E-state index contributed by atoms with van der Waals surface area (Å²) in [6.45, 7) is 0.638. The SMILES string of the molecule is O=C(Nc1ccc2scnc2c1)c1cccc(Cn2cccn2)c1. The average Bonchev–Trinajstić information content (AvgIpc) is 3.26. The molecule has 0 spiro atoms. The molecule has 6 heteroatoms. The molecule has 1 N–H and O–H groups in total. The Kier molecular flexibility index (Phi) is 3.80. The highest BCUT2D eigenvalue weighted by atomic mass is 32.1. The highest BCUT2D eigenvalue weighted by Gasteiger charge is 2.08. The van der Waals surface area contributed by atoms with Gasteiger partial charge in [0.1, 0.15) is 0 Å². The second-order valence-electron chi connectivity index (χ2n) is 5.39. The van der Waals surface area contributed by atoms with Crippen molar-refractivity contribution >= 4 is 33.1 Å². The van der Waals surface area contributed by atoms with Crippen LogP contribution in [-0.2, 0) is 6.54 Å². The Labute approximate surface area is 142 Å². The smallest absolute Gasteiger partial charge is 0.255 e. The maximum atomic E-state index is 12.5. The normalized spacial score (nSPS) is 10.8. The van der Waals surface area contributed by atoms with Gasteiger partial charge in [-0.1, -0.05) is 12.1 Å². The molecule has 0 aliphatic rings. The molecule has 118 valence electrons. The number of rotatable bonds is 4. The lowest BCUT2D eigenvalue weighted by molar-refractivity contribution is 0.102. The number of carbonyl (C=O) groups is 1. The van der Waals surface area contributed by atoms with E-state index in [4.69, 9.17) is 0 Å². The fraction of sp³-hybridized carbons (Fsp3) is 0.0556. The van der Waals surface area contributed by atoms with Crippen LogP contribution in [0.15, 0.2) is 66.4 Å². The van der Waals surface area contributed by atoms with E-state index in [1.54, 1.807) is 23.0 Å². The maximum absolute atomic E-state index is 12.5. The van der Waals surface area contributed by atoms with E-state index < -0.39 is 0 Å². The van der Waals surface area contributed by atoms with Gasteiger partial charge in [0.05, 0.1) is 22.3 Å². The number of hydrogen-bond acceptors (Lipinski definition) is 4. The zero-order valence-corrected chi connectivity index (χ0v) is 13.5. The fourth-order valence-electron chi connectivity index (χ4n) is 2.53. The predicted octanol–water partition coefficient (Wildman–Crippen LogP) is 3.79. The number of nitrogens with zero attached hydrogens (tertiary/aromatic N) is 3. The van der Waals surface area contributed by atoms with Crippen molar-refractivity contribution in [3.63, 3.8) is 0 Å². The van der Waals surface area contributed by atoms with Crippen LogP contribution in [0.25, 0.3) is 10.2 Å². The number of anilines is 1. The van der Waals surface area contributed by atoms with Crippen LogP contribution < -0.4 is 5.32 Å². The molecule has 24 heavy (non-hydrogen) atoms. The van der Waals surface area contributed by atoms with Crippen molar-refractivity contribution in [1.82, 2.24) is 14.8 Å². The monoisotopic (exact) mass is 334 g/mol. The summed E-state index contributed by atoms with van der Waals surface area (Å²) in [6, 6.07) is 15.2. The van der Waals surface area contributed by atoms with Crippen molar-refractivity contribution < 1.29 is 4.79 Å². The molecule has 2 aromatic heterocycles. The van der Waals surface area contributed by atoms with Crippen LogP contribution in [0.2, 0.25) is 0 Å². The lowest BCUT2D eigenvalue weighted by atomic mass is 10.1. The topological polar surface area (TPSA) is 59.8 Å². The van der Waals surface area contributed by atoms with Gasteiger partial charge in [-0.25, -0.2) is 4.98 Å². The van der Waals surface area contributed by atoms with Crippen molar-refractivity contribution in [2.75, 3.05) is 5.32 Å². The number of nitrogens with one attached hydrogen (secondary N) is 1. The highest BCUT2D eigenvalue weighted by molar-refractivity contribution is 7.16. The molecule has 2 heterocycles. The first-order valence-corrected chi connectivity index (χ1v) is 8.37. The van der Waals surface area contributed by atoms with Gasteiger partial charge in [-0.3, -0.25) is 9.48 Å². The van der Waals surface area contributed by atoms with E-state index in [9.17, 15) is 4.79 Å². The summed E-state index contributed by atoms with van der Waals surface area (Å²) in [5, 5.41) is 7.12. The standard InChI is InChI=1S/C18H14N4OS/c23-18(21-15-5-6-17-16(10-15)19-12-24-17)14-4-1-3-13(9-14)11-22-8-2-7-20-22/h1-10,12H,11H2,(H,21,23). The van der Waals surface area contributed by atoms with Gasteiger partial charge in [0, 0.05) is 23.6 Å². The molecule has 4 rings (SSSR count). The molecule has 0 saturated heterocycles. The number of amides is 1. The molecule has 1 amide bonds. The zero-order chi connectivity index (χ0) is 16.4. The van der Waals surface area contributed by atoms with Gasteiger partial charge in [-0.2, -0.15) is 5.10 Å². The second-order valence-corrected chi connectivity index (χ2v) is 6.28. The summed E-state index contributed by atoms with van der Waals surface area (Å²) in [4.78, 5) is 16.8. The molecule has 4 aromatic rings. The number of fused-ring (bicyclic) bond motifs is 1. The minimum atomic E-state index is -0.133. The van der Waals surface area contributed by atoms with Gasteiger partial charge < -0.3 is 5.32 Å². The lowest BCUT2D eigenvalue weighted by Crippen LogP contribution is -2.12. The first kappa shape index (κ1) is 14.6. The van der Waals surface area contributed by atoms with E-state index in [1.807, 2.05) is 59.4 Å². The minimum Gasteiger partial charge on any atom is -0.322 e. The fourth-order valence-corrected chi connectivity index (χ4v) is 3.19. The van der Waals surface area contributed by atoms with E-state index in [-0.39, 0.29) is 5.91 Å². The van der Waals surface area contributed by atoms with Gasteiger partial charge in [0.15, 0.2) is 0 Å². The van der Waals surface area contributed by atoms with Crippen molar-refractivity contribution in [1.29, 1.82) is 0 Å². The van der Waals surface area contributed by atoms with Gasteiger partial charge >= 0.3 is 0 Å². The molecule has 0 aliphatic heterocycles. The van der Waals surface area contributed by atoms with Crippen LogP contribution in [-0.4, -0.2) is 20.7 Å². The van der Waals surface area contributed by atoms with Gasteiger partial charge in [-0.15, -0.1) is 11.3 Å². The van der Waals surface area contributed by atoms with Crippen molar-refractivity contribution in [2.45, 2.75) is 6.54 Å². The molecule has 0 saturated carbocycles. The molecular weight excluding hydrogens is 320 g/mol. The van der Waals surface area contributed by atoms with E-state index >= 15 is 0 Å². The summed E-state index contributed by atoms with van der Waals surface area (Å²) in [5.74, 6) is -0.133. The van der Waals surface area contributed by atoms with E-state index in [0.29, 0.717) is 12.1 Å². The Morgan fingerprint density at radius 3 is 3.00 bits per heavy atom. The van der Waals surface area contributed by atoms with Crippen LogP contribution >= 0.6 is 11.3 Å². The van der Waals surface area contributed by atoms with Crippen LogP contribution in [0.1, 0.15) is 15.9 Å². The molecule has 0 atom stereocenters.